The molecule has 6 aromatic carbocycles. The maximum absolute atomic E-state index is 6.61. The fourth-order valence-corrected chi connectivity index (χ4v) is 6.29. The zero-order chi connectivity index (χ0) is 33.6. The van der Waals surface area contributed by atoms with Gasteiger partial charge in [-0.15, -0.1) is 0 Å². The van der Waals surface area contributed by atoms with Gasteiger partial charge in [0, 0.05) is 36.5 Å². The standard InChI is InChI=1S/C40H38O8/c1-41-23-47-39-29(35-31(43-3)17-11-18-32(35)44-4)21-25-13-7-9-15-27(25)37(39)38-28-16-10-8-14-26(28)22-30(40(38)48-24-42-2)36-33(45-5)19-12-20-34(36)46-6/h7-22H,23-24H2,1-6H3. The van der Waals surface area contributed by atoms with Crippen LogP contribution in [0.25, 0.3) is 54.9 Å². The smallest absolute Gasteiger partial charge is 0.188 e. The maximum Gasteiger partial charge on any atom is 0.188 e. The van der Waals surface area contributed by atoms with Crippen molar-refractivity contribution in [3.05, 3.63) is 97.1 Å². The Kier molecular flexibility index (Phi) is 9.85. The average molecular weight is 647 g/mol. The lowest BCUT2D eigenvalue weighted by Gasteiger charge is -2.25. The van der Waals surface area contributed by atoms with E-state index >= 15 is 0 Å². The minimum atomic E-state index is -0.0119. The van der Waals surface area contributed by atoms with Crippen LogP contribution in [-0.4, -0.2) is 56.2 Å². The predicted molar refractivity (Wildman–Crippen MR) is 189 cm³/mol. The molecule has 0 heterocycles. The molecule has 0 N–H and O–H groups in total. The zero-order valence-corrected chi connectivity index (χ0v) is 27.9. The lowest BCUT2D eigenvalue weighted by Crippen LogP contribution is -2.07. The normalized spacial score (nSPS) is 11.0. The predicted octanol–water partition coefficient (Wildman–Crippen LogP) is 8.99. The molecule has 0 radical (unpaired) electrons. The van der Waals surface area contributed by atoms with Crippen molar-refractivity contribution in [2.45, 2.75) is 0 Å². The van der Waals surface area contributed by atoms with Crippen molar-refractivity contribution in [2.75, 3.05) is 56.2 Å². The maximum atomic E-state index is 6.61. The third-order valence-corrected chi connectivity index (χ3v) is 8.29. The Balaban J connectivity index is 1.87. The molecule has 0 aliphatic rings. The second-order valence-electron chi connectivity index (χ2n) is 10.9. The van der Waals surface area contributed by atoms with Crippen molar-refractivity contribution in [1.29, 1.82) is 0 Å². The number of ether oxygens (including phenoxy) is 8. The number of hydrogen-bond acceptors (Lipinski definition) is 8. The number of fused-ring (bicyclic) bond motifs is 2. The summed E-state index contributed by atoms with van der Waals surface area (Å²) in [5.41, 5.74) is 4.60. The molecule has 0 aromatic heterocycles. The molecule has 8 nitrogen and oxygen atoms in total. The molecule has 0 unspecified atom stereocenters. The van der Waals surface area contributed by atoms with Gasteiger partial charge in [0.25, 0.3) is 0 Å². The highest BCUT2D eigenvalue weighted by Crippen LogP contribution is 2.56. The Morgan fingerprint density at radius 1 is 0.396 bits per heavy atom. The van der Waals surface area contributed by atoms with Crippen molar-refractivity contribution in [3.8, 4) is 67.9 Å². The molecule has 246 valence electrons. The minimum absolute atomic E-state index is 0.0119. The Hall–Kier alpha value is -5.44. The van der Waals surface area contributed by atoms with Crippen molar-refractivity contribution in [3.63, 3.8) is 0 Å². The van der Waals surface area contributed by atoms with Gasteiger partial charge in [-0.2, -0.15) is 0 Å². The van der Waals surface area contributed by atoms with Crippen LogP contribution in [0.4, 0.5) is 0 Å². The lowest BCUT2D eigenvalue weighted by molar-refractivity contribution is 0.0506. The Bertz CT molecular complexity index is 1880. The van der Waals surface area contributed by atoms with Crippen molar-refractivity contribution >= 4 is 21.5 Å². The average Bonchev–Trinajstić information content (AvgIpc) is 3.14. The summed E-state index contributed by atoms with van der Waals surface area (Å²) < 4.78 is 47.8. The number of rotatable bonds is 13. The zero-order valence-electron chi connectivity index (χ0n) is 27.9. The summed E-state index contributed by atoms with van der Waals surface area (Å²) in [6.45, 7) is -0.0238. The van der Waals surface area contributed by atoms with Gasteiger partial charge in [0.15, 0.2) is 13.6 Å². The quantitative estimate of drug-likeness (QED) is 0.115. The molecule has 0 saturated heterocycles. The van der Waals surface area contributed by atoms with Gasteiger partial charge in [-0.05, 0) is 57.9 Å². The molecule has 48 heavy (non-hydrogen) atoms. The molecule has 8 heteroatoms. The van der Waals surface area contributed by atoms with E-state index in [9.17, 15) is 0 Å². The van der Waals surface area contributed by atoms with Crippen LogP contribution in [0.2, 0.25) is 0 Å². The first kappa shape index (κ1) is 32.5. The Labute approximate surface area is 280 Å². The van der Waals surface area contributed by atoms with E-state index in [1.807, 2.05) is 60.7 Å². The van der Waals surface area contributed by atoms with E-state index in [0.717, 1.165) is 54.9 Å². The minimum Gasteiger partial charge on any atom is -0.496 e. The van der Waals surface area contributed by atoms with Gasteiger partial charge in [-0.1, -0.05) is 60.7 Å². The fourth-order valence-electron chi connectivity index (χ4n) is 6.29. The molecule has 0 aliphatic carbocycles. The van der Waals surface area contributed by atoms with Gasteiger partial charge in [-0.3, -0.25) is 0 Å². The van der Waals surface area contributed by atoms with E-state index in [1.54, 1.807) is 42.7 Å². The fraction of sp³-hybridized carbons (Fsp3) is 0.200. The summed E-state index contributed by atoms with van der Waals surface area (Å²) in [6, 6.07) is 32.0. The van der Waals surface area contributed by atoms with E-state index in [2.05, 4.69) is 36.4 Å². The van der Waals surface area contributed by atoms with E-state index in [-0.39, 0.29) is 13.6 Å². The van der Waals surface area contributed by atoms with Crippen LogP contribution in [0.5, 0.6) is 34.5 Å². The molecule has 0 saturated carbocycles. The highest BCUT2D eigenvalue weighted by molar-refractivity contribution is 6.15. The highest BCUT2D eigenvalue weighted by atomic mass is 16.7. The molecule has 0 amide bonds. The molecular weight excluding hydrogens is 608 g/mol. The first-order valence-corrected chi connectivity index (χ1v) is 15.4. The second kappa shape index (κ2) is 14.5. The van der Waals surface area contributed by atoms with Gasteiger partial charge in [0.2, 0.25) is 0 Å². The summed E-state index contributed by atoms with van der Waals surface area (Å²) in [7, 11) is 9.77. The molecule has 0 aliphatic heterocycles. The molecular formula is C40H38O8. The second-order valence-corrected chi connectivity index (χ2v) is 10.9. The third kappa shape index (κ3) is 5.81. The molecule has 0 atom stereocenters. The third-order valence-electron chi connectivity index (χ3n) is 8.29. The molecule has 6 aromatic rings. The first-order valence-electron chi connectivity index (χ1n) is 15.4. The SMILES string of the molecule is COCOc1c(-c2c(OC)cccc2OC)cc2ccccc2c1-c1c(OCOC)c(-c2c(OC)cccc2OC)cc2ccccc12. The van der Waals surface area contributed by atoms with Gasteiger partial charge >= 0.3 is 0 Å². The Morgan fingerprint density at radius 2 is 0.750 bits per heavy atom. The van der Waals surface area contributed by atoms with Crippen LogP contribution in [-0.2, 0) is 9.47 Å². The highest BCUT2D eigenvalue weighted by Gasteiger charge is 2.29. The van der Waals surface area contributed by atoms with E-state index in [4.69, 9.17) is 37.9 Å². The van der Waals surface area contributed by atoms with Crippen molar-refractivity contribution in [1.82, 2.24) is 0 Å². The van der Waals surface area contributed by atoms with Crippen molar-refractivity contribution in [2.24, 2.45) is 0 Å². The lowest BCUT2D eigenvalue weighted by atomic mass is 9.86. The van der Waals surface area contributed by atoms with Crippen LogP contribution >= 0.6 is 0 Å². The summed E-state index contributed by atoms with van der Waals surface area (Å²) in [5.74, 6) is 3.65. The van der Waals surface area contributed by atoms with Gasteiger partial charge in [0.05, 0.1) is 39.6 Å². The van der Waals surface area contributed by atoms with E-state index in [1.165, 1.54) is 0 Å². The van der Waals surface area contributed by atoms with Crippen molar-refractivity contribution < 1.29 is 37.9 Å². The summed E-state index contributed by atoms with van der Waals surface area (Å²) >= 11 is 0. The van der Waals surface area contributed by atoms with Crippen LogP contribution in [0, 0.1) is 0 Å². The molecule has 0 bridgehead atoms. The number of benzene rings is 6. The van der Waals surface area contributed by atoms with Gasteiger partial charge in [0.1, 0.15) is 34.5 Å². The monoisotopic (exact) mass is 646 g/mol. The topological polar surface area (TPSA) is 73.8 Å². The summed E-state index contributed by atoms with van der Waals surface area (Å²) in [6.07, 6.45) is 0. The molecule has 6 rings (SSSR count). The largest absolute Gasteiger partial charge is 0.496 e. The van der Waals surface area contributed by atoms with E-state index < -0.39 is 0 Å². The number of methoxy groups -OCH3 is 6. The Morgan fingerprint density at radius 3 is 1.08 bits per heavy atom. The van der Waals surface area contributed by atoms with Crippen LogP contribution in [0.15, 0.2) is 97.1 Å². The molecule has 0 fully saturated rings. The summed E-state index contributed by atoms with van der Waals surface area (Å²) in [5, 5.41) is 3.83. The van der Waals surface area contributed by atoms with Crippen LogP contribution < -0.4 is 28.4 Å². The first-order chi connectivity index (χ1) is 23.6. The van der Waals surface area contributed by atoms with Crippen LogP contribution in [0.1, 0.15) is 0 Å². The van der Waals surface area contributed by atoms with Crippen LogP contribution in [0.3, 0.4) is 0 Å². The number of hydrogen-bond donors (Lipinski definition) is 0. The molecule has 0 spiro atoms. The summed E-state index contributed by atoms with van der Waals surface area (Å²) in [4.78, 5) is 0. The van der Waals surface area contributed by atoms with Gasteiger partial charge in [-0.25, -0.2) is 0 Å². The van der Waals surface area contributed by atoms with E-state index in [0.29, 0.717) is 34.5 Å². The van der Waals surface area contributed by atoms with Gasteiger partial charge < -0.3 is 37.9 Å².